The fraction of sp³-hybridized carbons (Fsp3) is 0.583. The Balaban J connectivity index is 1.24. The first-order valence-electron chi connectivity index (χ1n) is 11.2. The highest BCUT2D eigenvalue weighted by molar-refractivity contribution is 5.93. The van der Waals surface area contributed by atoms with Crippen molar-refractivity contribution in [1.29, 1.82) is 0 Å². The van der Waals surface area contributed by atoms with Crippen LogP contribution in [-0.2, 0) is 20.7 Å². The molecule has 31 heavy (non-hydrogen) atoms. The minimum atomic E-state index is -0.615. The molecule has 1 N–H and O–H groups in total. The maximum Gasteiger partial charge on any atom is 0.230 e. The van der Waals surface area contributed by atoms with Gasteiger partial charge in [0.2, 0.25) is 11.8 Å². The van der Waals surface area contributed by atoms with E-state index in [9.17, 15) is 9.59 Å². The first-order valence-corrected chi connectivity index (χ1v) is 11.2. The summed E-state index contributed by atoms with van der Waals surface area (Å²) in [5, 5.41) is 3.04. The summed E-state index contributed by atoms with van der Waals surface area (Å²) < 4.78 is 16.9. The quantitative estimate of drug-likeness (QED) is 0.676. The van der Waals surface area contributed by atoms with Gasteiger partial charge in [0.05, 0.1) is 38.7 Å². The van der Waals surface area contributed by atoms with E-state index in [4.69, 9.17) is 14.2 Å². The Bertz CT molecular complexity index is 909. The van der Waals surface area contributed by atoms with E-state index in [0.29, 0.717) is 37.1 Å². The third kappa shape index (κ3) is 3.30. The Labute approximate surface area is 182 Å². The van der Waals surface area contributed by atoms with Crippen molar-refractivity contribution in [3.8, 4) is 11.5 Å². The molecule has 2 bridgehead atoms. The Morgan fingerprint density at radius 3 is 2.74 bits per heavy atom. The number of benzene rings is 1. The van der Waals surface area contributed by atoms with Gasteiger partial charge in [-0.1, -0.05) is 31.1 Å². The van der Waals surface area contributed by atoms with Crippen LogP contribution in [0.4, 0.5) is 0 Å². The van der Waals surface area contributed by atoms with Crippen LogP contribution in [-0.4, -0.2) is 61.8 Å². The number of carbonyl (C=O) groups excluding carboxylic acids is 2. The zero-order chi connectivity index (χ0) is 21.6. The lowest BCUT2D eigenvalue weighted by atomic mass is 9.77. The first kappa shape index (κ1) is 20.4. The number of carbonyl (C=O) groups is 2. The van der Waals surface area contributed by atoms with Crippen LogP contribution in [0.25, 0.3) is 0 Å². The second-order valence-corrected chi connectivity index (χ2v) is 9.03. The highest BCUT2D eigenvalue weighted by Gasteiger charge is 2.67. The normalized spacial score (nSPS) is 31.4. The van der Waals surface area contributed by atoms with E-state index in [1.54, 1.807) is 14.2 Å². The van der Waals surface area contributed by atoms with E-state index in [0.717, 1.165) is 18.4 Å². The Hall–Kier alpha value is -2.54. The molecule has 0 aromatic heterocycles. The van der Waals surface area contributed by atoms with Gasteiger partial charge in [0.1, 0.15) is 5.60 Å². The second kappa shape index (κ2) is 7.86. The molecular weight excluding hydrogens is 396 g/mol. The average molecular weight is 427 g/mol. The van der Waals surface area contributed by atoms with Crippen molar-refractivity contribution >= 4 is 11.8 Å². The molecule has 0 unspecified atom stereocenters. The van der Waals surface area contributed by atoms with Crippen LogP contribution in [0.15, 0.2) is 30.4 Å². The van der Waals surface area contributed by atoms with Gasteiger partial charge in [-0.25, -0.2) is 0 Å². The number of ether oxygens (including phenoxy) is 3. The zero-order valence-corrected chi connectivity index (χ0v) is 18.1. The topological polar surface area (TPSA) is 77.1 Å². The third-order valence-electron chi connectivity index (χ3n) is 7.36. The van der Waals surface area contributed by atoms with Crippen LogP contribution in [0.2, 0.25) is 0 Å². The fourth-order valence-electron chi connectivity index (χ4n) is 5.84. The van der Waals surface area contributed by atoms with Gasteiger partial charge in [-0.15, -0.1) is 0 Å². The first-order chi connectivity index (χ1) is 15.1. The lowest BCUT2D eigenvalue weighted by molar-refractivity contribution is -0.138. The van der Waals surface area contributed by atoms with Crippen molar-refractivity contribution in [2.24, 2.45) is 11.8 Å². The van der Waals surface area contributed by atoms with E-state index < -0.39 is 17.4 Å². The van der Waals surface area contributed by atoms with Crippen LogP contribution >= 0.6 is 0 Å². The zero-order valence-electron chi connectivity index (χ0n) is 18.1. The summed E-state index contributed by atoms with van der Waals surface area (Å²) >= 11 is 0. The number of hydrogen-bond acceptors (Lipinski definition) is 5. The van der Waals surface area contributed by atoms with Crippen LogP contribution in [0.1, 0.15) is 31.2 Å². The van der Waals surface area contributed by atoms with Gasteiger partial charge in [0, 0.05) is 12.6 Å². The Morgan fingerprint density at radius 1 is 1.23 bits per heavy atom. The number of rotatable bonds is 7. The van der Waals surface area contributed by atoms with Crippen molar-refractivity contribution in [3.05, 3.63) is 35.9 Å². The molecule has 3 heterocycles. The minimum Gasteiger partial charge on any atom is -0.493 e. The minimum absolute atomic E-state index is 0.0941. The molecular formula is C24H30N2O5. The van der Waals surface area contributed by atoms with Crippen molar-refractivity contribution < 1.29 is 23.8 Å². The van der Waals surface area contributed by atoms with Gasteiger partial charge < -0.3 is 24.4 Å². The molecule has 2 amide bonds. The molecule has 4 atom stereocenters. The van der Waals surface area contributed by atoms with Crippen molar-refractivity contribution in [3.63, 3.8) is 0 Å². The highest BCUT2D eigenvalue weighted by Crippen LogP contribution is 2.53. The van der Waals surface area contributed by atoms with Gasteiger partial charge in [0.25, 0.3) is 0 Å². The largest absolute Gasteiger partial charge is 0.493 e. The summed E-state index contributed by atoms with van der Waals surface area (Å²) in [7, 11) is 3.21. The summed E-state index contributed by atoms with van der Waals surface area (Å²) in [4.78, 5) is 28.4. The number of methoxy groups -OCH3 is 2. The van der Waals surface area contributed by atoms with Crippen molar-refractivity contribution in [2.45, 2.75) is 49.9 Å². The number of fused-ring (bicyclic) bond motifs is 1. The lowest BCUT2D eigenvalue weighted by Crippen LogP contribution is -2.45. The van der Waals surface area contributed by atoms with Crippen LogP contribution in [0.5, 0.6) is 11.5 Å². The molecule has 7 nitrogen and oxygen atoms in total. The average Bonchev–Trinajstić information content (AvgIpc) is 3.55. The summed E-state index contributed by atoms with van der Waals surface area (Å²) in [6.45, 7) is 1.07. The number of nitrogens with zero attached hydrogens (tertiary/aromatic N) is 1. The van der Waals surface area contributed by atoms with Crippen LogP contribution in [0, 0.1) is 11.8 Å². The number of nitrogens with one attached hydrogen (secondary N) is 1. The SMILES string of the molecule is COc1ccc(CCNC(=O)[C@H]2[C@H]3C(=O)N(C4CCCC4)C[C@@]34C=C[C@H]2O4)cc1OC. The van der Waals surface area contributed by atoms with Gasteiger partial charge in [-0.2, -0.15) is 0 Å². The molecule has 166 valence electrons. The molecule has 3 aliphatic heterocycles. The number of amides is 2. The van der Waals surface area contributed by atoms with Gasteiger partial charge in [-0.05, 0) is 37.0 Å². The van der Waals surface area contributed by atoms with Gasteiger partial charge >= 0.3 is 0 Å². The molecule has 1 saturated carbocycles. The van der Waals surface area contributed by atoms with Crippen LogP contribution in [0.3, 0.4) is 0 Å². The van der Waals surface area contributed by atoms with Gasteiger partial charge in [0.15, 0.2) is 11.5 Å². The molecule has 7 heteroatoms. The Morgan fingerprint density at radius 2 is 2.00 bits per heavy atom. The smallest absolute Gasteiger partial charge is 0.230 e. The van der Waals surface area contributed by atoms with Crippen molar-refractivity contribution in [1.82, 2.24) is 10.2 Å². The maximum atomic E-state index is 13.3. The molecule has 3 fully saturated rings. The summed E-state index contributed by atoms with van der Waals surface area (Å²) in [6.07, 6.45) is 8.83. The molecule has 1 aromatic carbocycles. The third-order valence-corrected chi connectivity index (χ3v) is 7.36. The summed E-state index contributed by atoms with van der Waals surface area (Å²) in [5.41, 5.74) is 0.429. The van der Waals surface area contributed by atoms with E-state index in [-0.39, 0.29) is 17.9 Å². The molecule has 2 saturated heterocycles. The second-order valence-electron chi connectivity index (χ2n) is 9.03. The van der Waals surface area contributed by atoms with E-state index in [2.05, 4.69) is 5.32 Å². The predicted octanol–water partition coefficient (Wildman–Crippen LogP) is 2.09. The van der Waals surface area contributed by atoms with Crippen molar-refractivity contribution in [2.75, 3.05) is 27.3 Å². The summed E-state index contributed by atoms with van der Waals surface area (Å²) in [5.74, 6) is 0.502. The number of likely N-dealkylation sites (tertiary alicyclic amines) is 1. The molecule has 1 aliphatic carbocycles. The molecule has 0 radical (unpaired) electrons. The molecule has 1 spiro atoms. The summed E-state index contributed by atoms with van der Waals surface area (Å²) in [6, 6.07) is 6.05. The lowest BCUT2D eigenvalue weighted by Gasteiger charge is -2.27. The molecule has 4 aliphatic rings. The van der Waals surface area contributed by atoms with E-state index >= 15 is 0 Å². The van der Waals surface area contributed by atoms with E-state index in [1.165, 1.54) is 12.8 Å². The maximum absolute atomic E-state index is 13.3. The highest BCUT2D eigenvalue weighted by atomic mass is 16.5. The van der Waals surface area contributed by atoms with Gasteiger partial charge in [-0.3, -0.25) is 9.59 Å². The molecule has 1 aromatic rings. The number of hydrogen-bond donors (Lipinski definition) is 1. The Kier molecular flexibility index (Phi) is 5.16. The predicted molar refractivity (Wildman–Crippen MR) is 114 cm³/mol. The monoisotopic (exact) mass is 426 g/mol. The van der Waals surface area contributed by atoms with E-state index in [1.807, 2.05) is 35.3 Å². The van der Waals surface area contributed by atoms with Crippen LogP contribution < -0.4 is 14.8 Å². The molecule has 5 rings (SSSR count). The standard InChI is InChI=1S/C24H30N2O5/c1-29-17-8-7-15(13-19(17)30-2)10-12-25-22(27)20-18-9-11-24(31-18)14-26(23(28)21(20)24)16-5-3-4-6-16/h7-9,11,13,16,18,20-21H,3-6,10,12,14H2,1-2H3,(H,25,27)/t18-,20-,21+,24+/m1/s1. The fourth-order valence-corrected chi connectivity index (χ4v) is 5.84.